The summed E-state index contributed by atoms with van der Waals surface area (Å²) in [6.07, 6.45) is 1.20. The molecule has 2 unspecified atom stereocenters. The van der Waals surface area contributed by atoms with Gasteiger partial charge >= 0.3 is 0 Å². The first-order valence-corrected chi connectivity index (χ1v) is 7.12. The summed E-state index contributed by atoms with van der Waals surface area (Å²) in [6, 6.07) is 7.76. The number of nitrogens with zero attached hydrogens (tertiary/aromatic N) is 1. The Morgan fingerprint density at radius 2 is 2.06 bits per heavy atom. The number of hydrogen-bond donors (Lipinski definition) is 1. The van der Waals surface area contributed by atoms with Gasteiger partial charge in [-0.2, -0.15) is 0 Å². The van der Waals surface area contributed by atoms with E-state index in [0.717, 1.165) is 13.1 Å². The van der Waals surface area contributed by atoms with Gasteiger partial charge in [-0.25, -0.2) is 0 Å². The van der Waals surface area contributed by atoms with E-state index < -0.39 is 0 Å². The van der Waals surface area contributed by atoms with E-state index >= 15 is 0 Å². The van der Waals surface area contributed by atoms with Crippen molar-refractivity contribution in [3.63, 3.8) is 0 Å². The van der Waals surface area contributed by atoms with Gasteiger partial charge in [0, 0.05) is 29.6 Å². The van der Waals surface area contributed by atoms with Gasteiger partial charge < -0.3 is 10.2 Å². The van der Waals surface area contributed by atoms with Crippen LogP contribution < -0.4 is 10.2 Å². The molecule has 1 fully saturated rings. The molecule has 17 heavy (non-hydrogen) atoms. The summed E-state index contributed by atoms with van der Waals surface area (Å²) in [5.74, 6) is 0. The first-order chi connectivity index (χ1) is 8.06. The van der Waals surface area contributed by atoms with E-state index in [1.54, 1.807) is 0 Å². The predicted octanol–water partition coefficient (Wildman–Crippen LogP) is 3.33. The zero-order valence-electron chi connectivity index (χ0n) is 10.8. The van der Waals surface area contributed by atoms with Crippen molar-refractivity contribution in [2.45, 2.75) is 39.3 Å². The molecular weight excluding hydrogens is 276 g/mol. The fraction of sp³-hybridized carbons (Fsp3) is 0.571. The Balaban J connectivity index is 2.20. The molecule has 1 saturated heterocycles. The monoisotopic (exact) mass is 296 g/mol. The predicted molar refractivity (Wildman–Crippen MR) is 77.8 cm³/mol. The molecule has 1 aromatic rings. The normalized spacial score (nSPS) is 25.8. The van der Waals surface area contributed by atoms with Crippen LogP contribution in [0.2, 0.25) is 0 Å². The molecule has 0 spiro atoms. The Morgan fingerprint density at radius 3 is 2.76 bits per heavy atom. The molecule has 1 aliphatic rings. The van der Waals surface area contributed by atoms with Gasteiger partial charge in [-0.05, 0) is 60.8 Å². The molecule has 1 aromatic carbocycles. The van der Waals surface area contributed by atoms with E-state index in [0.29, 0.717) is 12.1 Å². The van der Waals surface area contributed by atoms with Crippen LogP contribution in [0, 0.1) is 6.92 Å². The van der Waals surface area contributed by atoms with Crippen molar-refractivity contribution in [3.05, 3.63) is 28.2 Å². The molecule has 3 heteroatoms. The molecule has 1 heterocycles. The number of hydrogen-bond acceptors (Lipinski definition) is 2. The number of halogens is 1. The van der Waals surface area contributed by atoms with Gasteiger partial charge in [0.15, 0.2) is 0 Å². The third-order valence-corrected chi connectivity index (χ3v) is 3.97. The lowest BCUT2D eigenvalue weighted by atomic mass is 10.2. The molecule has 2 atom stereocenters. The number of benzene rings is 1. The zero-order valence-corrected chi connectivity index (χ0v) is 12.4. The van der Waals surface area contributed by atoms with Crippen LogP contribution in [0.3, 0.4) is 0 Å². The van der Waals surface area contributed by atoms with Crippen LogP contribution >= 0.6 is 15.9 Å². The smallest absolute Gasteiger partial charge is 0.0511 e. The molecule has 1 N–H and O–H groups in total. The second-order valence-electron chi connectivity index (χ2n) is 5.16. The lowest BCUT2D eigenvalue weighted by Gasteiger charge is -2.26. The van der Waals surface area contributed by atoms with Crippen LogP contribution in [0.1, 0.15) is 25.8 Å². The van der Waals surface area contributed by atoms with E-state index in [1.165, 1.54) is 22.1 Å². The SMILES string of the molecule is Cc1ccc(N2CCC(C)NC(C)C2)c(Br)c1. The van der Waals surface area contributed by atoms with Crippen LogP contribution in [0.4, 0.5) is 5.69 Å². The highest BCUT2D eigenvalue weighted by molar-refractivity contribution is 9.10. The second-order valence-corrected chi connectivity index (χ2v) is 6.01. The van der Waals surface area contributed by atoms with Crippen molar-refractivity contribution >= 4 is 21.6 Å². The Labute approximate surface area is 113 Å². The minimum Gasteiger partial charge on any atom is -0.369 e. The summed E-state index contributed by atoms with van der Waals surface area (Å²) in [6.45, 7) is 8.86. The third-order valence-electron chi connectivity index (χ3n) is 3.34. The molecule has 0 radical (unpaired) electrons. The van der Waals surface area contributed by atoms with Crippen molar-refractivity contribution in [2.24, 2.45) is 0 Å². The lowest BCUT2D eigenvalue weighted by molar-refractivity contribution is 0.492. The second kappa shape index (κ2) is 5.40. The van der Waals surface area contributed by atoms with Gasteiger partial charge in [-0.15, -0.1) is 0 Å². The highest BCUT2D eigenvalue weighted by Crippen LogP contribution is 2.28. The molecule has 0 aliphatic carbocycles. The highest BCUT2D eigenvalue weighted by Gasteiger charge is 2.19. The number of rotatable bonds is 1. The van der Waals surface area contributed by atoms with E-state index in [-0.39, 0.29) is 0 Å². The first kappa shape index (κ1) is 12.9. The van der Waals surface area contributed by atoms with Gasteiger partial charge in [0.2, 0.25) is 0 Å². The maximum atomic E-state index is 3.68. The van der Waals surface area contributed by atoms with Gasteiger partial charge in [0.25, 0.3) is 0 Å². The van der Waals surface area contributed by atoms with Crippen LogP contribution in [-0.4, -0.2) is 25.2 Å². The van der Waals surface area contributed by atoms with E-state index in [4.69, 9.17) is 0 Å². The summed E-state index contributed by atoms with van der Waals surface area (Å²) in [5.41, 5.74) is 2.62. The van der Waals surface area contributed by atoms with Crippen molar-refractivity contribution in [1.82, 2.24) is 5.32 Å². The van der Waals surface area contributed by atoms with E-state index in [1.807, 2.05) is 0 Å². The molecule has 0 aromatic heterocycles. The average molecular weight is 297 g/mol. The third kappa shape index (κ3) is 3.23. The number of anilines is 1. The summed E-state index contributed by atoms with van der Waals surface area (Å²) in [5, 5.41) is 3.62. The van der Waals surface area contributed by atoms with Crippen LogP contribution in [0.25, 0.3) is 0 Å². The Bertz CT molecular complexity index is 392. The number of aryl methyl sites for hydroxylation is 1. The van der Waals surface area contributed by atoms with Gasteiger partial charge in [-0.1, -0.05) is 6.07 Å². The number of nitrogens with one attached hydrogen (secondary N) is 1. The molecule has 0 bridgehead atoms. The molecule has 2 nitrogen and oxygen atoms in total. The topological polar surface area (TPSA) is 15.3 Å². The van der Waals surface area contributed by atoms with Crippen LogP contribution in [0.5, 0.6) is 0 Å². The molecule has 2 rings (SSSR count). The lowest BCUT2D eigenvalue weighted by Crippen LogP contribution is -2.37. The van der Waals surface area contributed by atoms with Crippen molar-refractivity contribution in [1.29, 1.82) is 0 Å². The quantitative estimate of drug-likeness (QED) is 0.855. The molecule has 94 valence electrons. The zero-order chi connectivity index (χ0) is 12.4. The van der Waals surface area contributed by atoms with Crippen LogP contribution in [-0.2, 0) is 0 Å². The van der Waals surface area contributed by atoms with Crippen molar-refractivity contribution < 1.29 is 0 Å². The minimum atomic E-state index is 0.542. The summed E-state index contributed by atoms with van der Waals surface area (Å²) >= 11 is 3.68. The Morgan fingerprint density at radius 1 is 1.29 bits per heavy atom. The molecule has 1 aliphatic heterocycles. The largest absolute Gasteiger partial charge is 0.369 e. The Hall–Kier alpha value is -0.540. The minimum absolute atomic E-state index is 0.542. The standard InChI is InChI=1S/C14H21BrN2/c1-10-4-5-14(13(15)8-10)17-7-6-11(2)16-12(3)9-17/h4-5,8,11-12,16H,6-7,9H2,1-3H3. The van der Waals surface area contributed by atoms with Gasteiger partial charge in [-0.3, -0.25) is 0 Å². The first-order valence-electron chi connectivity index (χ1n) is 6.33. The summed E-state index contributed by atoms with van der Waals surface area (Å²) < 4.78 is 1.21. The average Bonchev–Trinajstić information content (AvgIpc) is 2.39. The molecule has 0 amide bonds. The fourth-order valence-corrected chi connectivity index (χ4v) is 3.22. The molecule has 0 saturated carbocycles. The highest BCUT2D eigenvalue weighted by atomic mass is 79.9. The van der Waals surface area contributed by atoms with E-state index in [2.05, 4.69) is 65.1 Å². The van der Waals surface area contributed by atoms with Gasteiger partial charge in [0.05, 0.1) is 5.69 Å². The Kier molecular flexibility index (Phi) is 4.10. The van der Waals surface area contributed by atoms with E-state index in [9.17, 15) is 0 Å². The van der Waals surface area contributed by atoms with Crippen LogP contribution in [0.15, 0.2) is 22.7 Å². The molecular formula is C14H21BrN2. The van der Waals surface area contributed by atoms with Crippen molar-refractivity contribution in [3.8, 4) is 0 Å². The maximum Gasteiger partial charge on any atom is 0.0511 e. The summed E-state index contributed by atoms with van der Waals surface area (Å²) in [4.78, 5) is 2.48. The van der Waals surface area contributed by atoms with Crippen molar-refractivity contribution in [2.75, 3.05) is 18.0 Å². The van der Waals surface area contributed by atoms with Gasteiger partial charge in [0.1, 0.15) is 0 Å². The fourth-order valence-electron chi connectivity index (χ4n) is 2.48. The maximum absolute atomic E-state index is 3.68. The summed E-state index contributed by atoms with van der Waals surface area (Å²) in [7, 11) is 0.